The van der Waals surface area contributed by atoms with Crippen LogP contribution in [0.1, 0.15) is 17.4 Å². The fourth-order valence-corrected chi connectivity index (χ4v) is 2.00. The zero-order valence-electron chi connectivity index (χ0n) is 11.4. The highest BCUT2D eigenvalue weighted by Crippen LogP contribution is 2.13. The topological polar surface area (TPSA) is 97.4 Å². The minimum absolute atomic E-state index is 0.479. The highest BCUT2D eigenvalue weighted by Gasteiger charge is 2.20. The molecule has 6 heteroatoms. The SMILES string of the molecule is NC(=O)NC(=O)[C@H](NCCc1ccco1)c1ccccc1. The molecule has 0 aliphatic rings. The molecule has 3 amide bonds. The Morgan fingerprint density at radius 2 is 1.90 bits per heavy atom. The highest BCUT2D eigenvalue weighted by molar-refractivity contribution is 5.96. The fraction of sp³-hybridized carbons (Fsp3) is 0.200. The number of amides is 3. The number of carbonyl (C=O) groups is 2. The van der Waals surface area contributed by atoms with Crippen molar-refractivity contribution >= 4 is 11.9 Å². The average Bonchev–Trinajstić information content (AvgIpc) is 2.97. The van der Waals surface area contributed by atoms with E-state index in [4.69, 9.17) is 10.2 Å². The Hall–Kier alpha value is -2.60. The molecule has 1 atom stereocenters. The number of urea groups is 1. The van der Waals surface area contributed by atoms with Gasteiger partial charge in [-0.2, -0.15) is 0 Å². The van der Waals surface area contributed by atoms with Gasteiger partial charge in [-0.1, -0.05) is 30.3 Å². The van der Waals surface area contributed by atoms with Gasteiger partial charge in [-0.25, -0.2) is 4.79 Å². The number of hydrogen-bond acceptors (Lipinski definition) is 4. The summed E-state index contributed by atoms with van der Waals surface area (Å²) < 4.78 is 5.23. The summed E-state index contributed by atoms with van der Waals surface area (Å²) in [6.07, 6.45) is 2.24. The molecule has 0 bridgehead atoms. The lowest BCUT2D eigenvalue weighted by Crippen LogP contribution is -2.43. The summed E-state index contributed by atoms with van der Waals surface area (Å²) in [4.78, 5) is 22.9. The van der Waals surface area contributed by atoms with Crippen LogP contribution >= 0.6 is 0 Å². The number of nitrogens with two attached hydrogens (primary N) is 1. The van der Waals surface area contributed by atoms with Crippen molar-refractivity contribution in [3.63, 3.8) is 0 Å². The Kier molecular flexibility index (Phi) is 5.11. The first kappa shape index (κ1) is 14.8. The Morgan fingerprint density at radius 3 is 2.52 bits per heavy atom. The number of hydrogen-bond donors (Lipinski definition) is 3. The van der Waals surface area contributed by atoms with E-state index >= 15 is 0 Å². The second-order valence-corrected chi connectivity index (χ2v) is 4.48. The first-order chi connectivity index (χ1) is 10.2. The summed E-state index contributed by atoms with van der Waals surface area (Å²) in [5, 5.41) is 5.20. The Bertz CT molecular complexity index is 581. The predicted octanol–water partition coefficient (Wildman–Crippen LogP) is 1.35. The first-order valence-corrected chi connectivity index (χ1v) is 6.58. The van der Waals surface area contributed by atoms with Crippen LogP contribution in [0.25, 0.3) is 0 Å². The molecular weight excluding hydrogens is 270 g/mol. The molecular formula is C15H17N3O3. The zero-order valence-corrected chi connectivity index (χ0v) is 11.4. The lowest BCUT2D eigenvalue weighted by Gasteiger charge is -2.17. The van der Waals surface area contributed by atoms with Crippen molar-refractivity contribution in [2.24, 2.45) is 5.73 Å². The van der Waals surface area contributed by atoms with Gasteiger partial charge in [-0.05, 0) is 17.7 Å². The van der Waals surface area contributed by atoms with Gasteiger partial charge in [0.15, 0.2) is 0 Å². The molecule has 0 spiro atoms. The van der Waals surface area contributed by atoms with Crippen LogP contribution in [-0.2, 0) is 11.2 Å². The standard InChI is InChI=1S/C15H17N3O3/c16-15(20)18-14(19)13(11-5-2-1-3-6-11)17-9-8-12-7-4-10-21-12/h1-7,10,13,17H,8-9H2,(H3,16,18,19,20)/t13-/m1/s1. The third kappa shape index (κ3) is 4.47. The van der Waals surface area contributed by atoms with Crippen LogP contribution in [0.2, 0.25) is 0 Å². The highest BCUT2D eigenvalue weighted by atomic mass is 16.3. The van der Waals surface area contributed by atoms with Crippen molar-refractivity contribution in [1.82, 2.24) is 10.6 Å². The third-order valence-electron chi connectivity index (χ3n) is 2.94. The van der Waals surface area contributed by atoms with Crippen molar-refractivity contribution in [3.05, 3.63) is 60.1 Å². The second-order valence-electron chi connectivity index (χ2n) is 4.48. The first-order valence-electron chi connectivity index (χ1n) is 6.58. The molecule has 1 aromatic carbocycles. The molecule has 1 heterocycles. The number of carbonyl (C=O) groups excluding carboxylic acids is 2. The number of benzene rings is 1. The molecule has 21 heavy (non-hydrogen) atoms. The van der Waals surface area contributed by atoms with Crippen LogP contribution < -0.4 is 16.4 Å². The summed E-state index contributed by atoms with van der Waals surface area (Å²) in [5.74, 6) is 0.345. The van der Waals surface area contributed by atoms with E-state index in [1.54, 1.807) is 6.26 Å². The van der Waals surface area contributed by atoms with Gasteiger partial charge in [0.25, 0.3) is 0 Å². The summed E-state index contributed by atoms with van der Waals surface area (Å²) in [5.41, 5.74) is 5.76. The molecule has 0 aliphatic heterocycles. The van der Waals surface area contributed by atoms with E-state index in [-0.39, 0.29) is 0 Å². The number of rotatable bonds is 6. The monoisotopic (exact) mass is 287 g/mol. The predicted molar refractivity (Wildman–Crippen MR) is 77.3 cm³/mol. The molecule has 0 aliphatic carbocycles. The van der Waals surface area contributed by atoms with Gasteiger partial charge in [-0.3, -0.25) is 10.1 Å². The van der Waals surface area contributed by atoms with Crippen molar-refractivity contribution in [2.75, 3.05) is 6.54 Å². The molecule has 110 valence electrons. The van der Waals surface area contributed by atoms with Gasteiger partial charge < -0.3 is 15.5 Å². The molecule has 2 rings (SSSR count). The number of primary amides is 1. The van der Waals surface area contributed by atoms with Gasteiger partial charge in [0, 0.05) is 13.0 Å². The maximum Gasteiger partial charge on any atom is 0.318 e. The molecule has 4 N–H and O–H groups in total. The molecule has 0 saturated carbocycles. The Morgan fingerprint density at radius 1 is 1.14 bits per heavy atom. The molecule has 2 aromatic rings. The minimum Gasteiger partial charge on any atom is -0.469 e. The van der Waals surface area contributed by atoms with Gasteiger partial charge >= 0.3 is 6.03 Å². The normalized spacial score (nSPS) is 11.8. The van der Waals surface area contributed by atoms with E-state index in [2.05, 4.69) is 10.6 Å². The maximum absolute atomic E-state index is 12.0. The van der Waals surface area contributed by atoms with Gasteiger partial charge in [0.2, 0.25) is 5.91 Å². The zero-order chi connectivity index (χ0) is 15.1. The molecule has 1 aromatic heterocycles. The quantitative estimate of drug-likeness (QED) is 0.747. The maximum atomic E-state index is 12.0. The Balaban J connectivity index is 2.01. The average molecular weight is 287 g/mol. The summed E-state index contributed by atoms with van der Waals surface area (Å²) >= 11 is 0. The van der Waals surface area contributed by atoms with Crippen LogP contribution in [0.15, 0.2) is 53.1 Å². The summed E-state index contributed by atoms with van der Waals surface area (Å²) in [7, 11) is 0. The second kappa shape index (κ2) is 7.25. The van der Waals surface area contributed by atoms with Crippen LogP contribution in [-0.4, -0.2) is 18.5 Å². The smallest absolute Gasteiger partial charge is 0.318 e. The summed E-state index contributed by atoms with van der Waals surface area (Å²) in [6, 6.07) is 11.3. The van der Waals surface area contributed by atoms with E-state index in [0.717, 1.165) is 11.3 Å². The van der Waals surface area contributed by atoms with E-state index in [0.29, 0.717) is 13.0 Å². The van der Waals surface area contributed by atoms with Crippen LogP contribution in [0.4, 0.5) is 4.79 Å². The van der Waals surface area contributed by atoms with Gasteiger partial charge in [0.1, 0.15) is 11.8 Å². The Labute approximate surface area is 122 Å². The van der Waals surface area contributed by atoms with Crippen molar-refractivity contribution < 1.29 is 14.0 Å². The van der Waals surface area contributed by atoms with E-state index < -0.39 is 18.0 Å². The minimum atomic E-state index is -0.867. The number of imide groups is 1. The van der Waals surface area contributed by atoms with Crippen molar-refractivity contribution in [1.29, 1.82) is 0 Å². The molecule has 0 radical (unpaired) electrons. The molecule has 0 unspecified atom stereocenters. The lowest BCUT2D eigenvalue weighted by atomic mass is 10.1. The third-order valence-corrected chi connectivity index (χ3v) is 2.94. The van der Waals surface area contributed by atoms with Crippen LogP contribution in [0.3, 0.4) is 0 Å². The van der Waals surface area contributed by atoms with Crippen molar-refractivity contribution in [3.8, 4) is 0 Å². The van der Waals surface area contributed by atoms with E-state index in [1.165, 1.54) is 0 Å². The molecule has 0 saturated heterocycles. The molecule has 6 nitrogen and oxygen atoms in total. The summed E-state index contributed by atoms with van der Waals surface area (Å²) in [6.45, 7) is 0.527. The van der Waals surface area contributed by atoms with Gasteiger partial charge in [-0.15, -0.1) is 0 Å². The van der Waals surface area contributed by atoms with Gasteiger partial charge in [0.05, 0.1) is 6.26 Å². The van der Waals surface area contributed by atoms with Crippen LogP contribution in [0, 0.1) is 0 Å². The van der Waals surface area contributed by atoms with Crippen molar-refractivity contribution in [2.45, 2.75) is 12.5 Å². The fourth-order valence-electron chi connectivity index (χ4n) is 2.00. The van der Waals surface area contributed by atoms with E-state index in [1.807, 2.05) is 42.5 Å². The largest absolute Gasteiger partial charge is 0.469 e. The number of nitrogens with one attached hydrogen (secondary N) is 2. The van der Waals surface area contributed by atoms with E-state index in [9.17, 15) is 9.59 Å². The number of furan rings is 1. The molecule has 0 fully saturated rings. The van der Waals surface area contributed by atoms with Crippen LogP contribution in [0.5, 0.6) is 0 Å². The lowest BCUT2D eigenvalue weighted by molar-refractivity contribution is -0.122.